The van der Waals surface area contributed by atoms with Crippen LogP contribution in [0.15, 0.2) is 47.6 Å². The van der Waals surface area contributed by atoms with Crippen LogP contribution in [0.3, 0.4) is 0 Å². The molecule has 27 heavy (non-hydrogen) atoms. The first-order valence-corrected chi connectivity index (χ1v) is 9.57. The molecule has 0 aliphatic rings. The third kappa shape index (κ3) is 4.84. The normalized spacial score (nSPS) is 11.0. The summed E-state index contributed by atoms with van der Waals surface area (Å²) in [5.41, 5.74) is 2.39. The minimum atomic E-state index is -0.463. The van der Waals surface area contributed by atoms with Crippen molar-refractivity contribution in [3.05, 3.63) is 58.9 Å². The van der Waals surface area contributed by atoms with E-state index in [9.17, 15) is 9.18 Å². The second kappa shape index (κ2) is 8.49. The van der Waals surface area contributed by atoms with Gasteiger partial charge in [-0.15, -0.1) is 5.10 Å². The van der Waals surface area contributed by atoms with Gasteiger partial charge in [0, 0.05) is 0 Å². The third-order valence-corrected chi connectivity index (χ3v) is 5.01. The molecule has 1 heterocycles. The Hall–Kier alpha value is -2.45. The van der Waals surface area contributed by atoms with E-state index in [4.69, 9.17) is 11.6 Å². The highest BCUT2D eigenvalue weighted by molar-refractivity contribution is 7.99. The third-order valence-electron chi connectivity index (χ3n) is 3.78. The van der Waals surface area contributed by atoms with Gasteiger partial charge in [-0.1, -0.05) is 49.3 Å². The maximum atomic E-state index is 13.1. The summed E-state index contributed by atoms with van der Waals surface area (Å²) in [6.07, 6.45) is 0. The topological polar surface area (TPSA) is 72.7 Å². The summed E-state index contributed by atoms with van der Waals surface area (Å²) in [6, 6.07) is 11.7. The first-order chi connectivity index (χ1) is 12.9. The smallest absolute Gasteiger partial charge is 0.234 e. The molecule has 6 nitrogen and oxygen atoms in total. The summed E-state index contributed by atoms with van der Waals surface area (Å²) < 4.78 is 14.6. The van der Waals surface area contributed by atoms with Crippen LogP contribution in [-0.2, 0) is 4.79 Å². The number of nitrogens with one attached hydrogen (secondary N) is 1. The quantitative estimate of drug-likeness (QED) is 0.618. The fraction of sp³-hybridized carbons (Fsp3) is 0.222. The molecule has 0 unspecified atom stereocenters. The van der Waals surface area contributed by atoms with Crippen LogP contribution in [-0.4, -0.2) is 31.9 Å². The maximum absolute atomic E-state index is 13.1. The van der Waals surface area contributed by atoms with Crippen LogP contribution < -0.4 is 5.32 Å². The Kier molecular flexibility index (Phi) is 6.08. The molecule has 0 aliphatic carbocycles. The van der Waals surface area contributed by atoms with E-state index in [-0.39, 0.29) is 16.7 Å². The number of tetrazole rings is 1. The van der Waals surface area contributed by atoms with Gasteiger partial charge in [0.1, 0.15) is 5.82 Å². The van der Waals surface area contributed by atoms with Gasteiger partial charge in [-0.3, -0.25) is 4.79 Å². The number of thioether (sulfide) groups is 1. The van der Waals surface area contributed by atoms with E-state index in [0.717, 1.165) is 11.8 Å². The molecule has 0 fully saturated rings. The molecule has 1 N–H and O–H groups in total. The number of halogens is 2. The summed E-state index contributed by atoms with van der Waals surface area (Å²) in [5, 5.41) is 14.9. The molecular weight excluding hydrogens is 389 g/mol. The van der Waals surface area contributed by atoms with Crippen molar-refractivity contribution in [3.8, 4) is 5.69 Å². The van der Waals surface area contributed by atoms with E-state index in [0.29, 0.717) is 16.8 Å². The first-order valence-electron chi connectivity index (χ1n) is 8.20. The maximum Gasteiger partial charge on any atom is 0.234 e. The number of aromatic nitrogens is 4. The number of anilines is 1. The lowest BCUT2D eigenvalue weighted by molar-refractivity contribution is -0.113. The second-order valence-corrected chi connectivity index (χ2v) is 7.43. The molecule has 2 aromatic carbocycles. The van der Waals surface area contributed by atoms with Crippen molar-refractivity contribution in [1.29, 1.82) is 0 Å². The summed E-state index contributed by atoms with van der Waals surface area (Å²) >= 11 is 7.11. The molecule has 1 aromatic heterocycles. The highest BCUT2D eigenvalue weighted by Gasteiger charge is 2.13. The van der Waals surface area contributed by atoms with Crippen LogP contribution in [0, 0.1) is 5.82 Å². The Labute approximate surface area is 165 Å². The highest BCUT2D eigenvalue weighted by atomic mass is 35.5. The van der Waals surface area contributed by atoms with Crippen molar-refractivity contribution >= 4 is 35.0 Å². The van der Waals surface area contributed by atoms with E-state index in [1.165, 1.54) is 29.5 Å². The molecule has 0 bridgehead atoms. The zero-order chi connectivity index (χ0) is 19.4. The average molecular weight is 406 g/mol. The molecule has 0 saturated carbocycles. The Morgan fingerprint density at radius 3 is 2.67 bits per heavy atom. The van der Waals surface area contributed by atoms with Crippen LogP contribution in [0.1, 0.15) is 25.3 Å². The van der Waals surface area contributed by atoms with Crippen molar-refractivity contribution in [2.24, 2.45) is 0 Å². The molecule has 9 heteroatoms. The minimum absolute atomic E-state index is 0.0815. The predicted octanol–water partition coefficient (Wildman–Crippen LogP) is 4.31. The Balaban J connectivity index is 1.65. The summed E-state index contributed by atoms with van der Waals surface area (Å²) in [7, 11) is 0. The SMILES string of the molecule is CC(C)c1ccc(-n2nnnc2SCC(=O)Nc2ccc(F)cc2Cl)cc1. The van der Waals surface area contributed by atoms with Gasteiger partial charge in [0.15, 0.2) is 0 Å². The molecule has 0 atom stereocenters. The van der Waals surface area contributed by atoms with Crippen molar-refractivity contribution in [2.45, 2.75) is 24.9 Å². The van der Waals surface area contributed by atoms with Crippen molar-refractivity contribution < 1.29 is 9.18 Å². The van der Waals surface area contributed by atoms with Crippen molar-refractivity contribution in [2.75, 3.05) is 11.1 Å². The van der Waals surface area contributed by atoms with Crippen LogP contribution in [0.2, 0.25) is 5.02 Å². The van der Waals surface area contributed by atoms with Crippen LogP contribution in [0.5, 0.6) is 0 Å². The number of carbonyl (C=O) groups is 1. The largest absolute Gasteiger partial charge is 0.324 e. The standard InChI is InChI=1S/C18H17ClFN5OS/c1-11(2)12-3-6-14(7-4-12)25-18(22-23-24-25)27-10-17(26)21-16-8-5-13(20)9-15(16)19/h3-9,11H,10H2,1-2H3,(H,21,26). The van der Waals surface area contributed by atoms with E-state index >= 15 is 0 Å². The van der Waals surface area contributed by atoms with Crippen molar-refractivity contribution in [1.82, 2.24) is 20.2 Å². The molecule has 0 radical (unpaired) electrons. The van der Waals surface area contributed by atoms with Gasteiger partial charge >= 0.3 is 0 Å². The lowest BCUT2D eigenvalue weighted by Crippen LogP contribution is -2.15. The van der Waals surface area contributed by atoms with Gasteiger partial charge in [-0.2, -0.15) is 4.68 Å². The molecule has 0 aliphatic heterocycles. The highest BCUT2D eigenvalue weighted by Crippen LogP contribution is 2.24. The average Bonchev–Trinajstić information content (AvgIpc) is 3.11. The number of rotatable bonds is 6. The first kappa shape index (κ1) is 19.3. The molecule has 3 aromatic rings. The number of amides is 1. The van der Waals surface area contributed by atoms with Gasteiger partial charge in [0.2, 0.25) is 11.1 Å². The van der Waals surface area contributed by atoms with Gasteiger partial charge < -0.3 is 5.32 Å². The molecule has 1 amide bonds. The lowest BCUT2D eigenvalue weighted by Gasteiger charge is -2.08. The lowest BCUT2D eigenvalue weighted by atomic mass is 10.0. The van der Waals surface area contributed by atoms with E-state index < -0.39 is 5.82 Å². The fourth-order valence-corrected chi connectivity index (χ4v) is 3.24. The monoisotopic (exact) mass is 405 g/mol. The molecule has 3 rings (SSSR count). The van der Waals surface area contributed by atoms with Gasteiger partial charge in [0.05, 0.1) is 22.2 Å². The molecule has 0 saturated heterocycles. The minimum Gasteiger partial charge on any atom is -0.324 e. The predicted molar refractivity (Wildman–Crippen MR) is 104 cm³/mol. The molecule has 140 valence electrons. The summed E-state index contributed by atoms with van der Waals surface area (Å²) in [5.74, 6) is -0.241. The summed E-state index contributed by atoms with van der Waals surface area (Å²) in [6.45, 7) is 4.25. The second-order valence-electron chi connectivity index (χ2n) is 6.08. The molecule has 0 spiro atoms. The van der Waals surface area contributed by atoms with Crippen molar-refractivity contribution in [3.63, 3.8) is 0 Å². The van der Waals surface area contributed by atoms with Crippen LogP contribution in [0.4, 0.5) is 10.1 Å². The van der Waals surface area contributed by atoms with Crippen LogP contribution >= 0.6 is 23.4 Å². The zero-order valence-corrected chi connectivity index (χ0v) is 16.3. The van der Waals surface area contributed by atoms with Crippen LogP contribution in [0.25, 0.3) is 5.69 Å². The fourth-order valence-electron chi connectivity index (χ4n) is 2.34. The Bertz CT molecular complexity index is 945. The number of hydrogen-bond donors (Lipinski definition) is 1. The number of carbonyl (C=O) groups excluding carboxylic acids is 1. The zero-order valence-electron chi connectivity index (χ0n) is 14.7. The van der Waals surface area contributed by atoms with Gasteiger partial charge in [-0.05, 0) is 52.2 Å². The molecular formula is C18H17ClFN5OS. The van der Waals surface area contributed by atoms with E-state index in [1.54, 1.807) is 4.68 Å². The van der Waals surface area contributed by atoms with E-state index in [1.807, 2.05) is 24.3 Å². The number of benzene rings is 2. The Morgan fingerprint density at radius 1 is 1.26 bits per heavy atom. The number of nitrogens with zero attached hydrogens (tertiary/aromatic N) is 4. The number of hydrogen-bond acceptors (Lipinski definition) is 5. The van der Waals surface area contributed by atoms with E-state index in [2.05, 4.69) is 34.7 Å². The van der Waals surface area contributed by atoms with Gasteiger partial charge in [0.25, 0.3) is 0 Å². The summed E-state index contributed by atoms with van der Waals surface area (Å²) in [4.78, 5) is 12.2. The Morgan fingerprint density at radius 2 is 2.00 bits per heavy atom. The van der Waals surface area contributed by atoms with Gasteiger partial charge in [-0.25, -0.2) is 4.39 Å².